The number of benzene rings is 1. The van der Waals surface area contributed by atoms with Crippen LogP contribution < -0.4 is 0 Å². The van der Waals surface area contributed by atoms with Gasteiger partial charge in [-0.05, 0) is 35.0 Å². The lowest BCUT2D eigenvalue weighted by molar-refractivity contribution is 0.612. The molecule has 0 nitrogen and oxygen atoms in total. The predicted molar refractivity (Wildman–Crippen MR) is 75.9 cm³/mol. The molecule has 0 aliphatic rings. The Balaban J connectivity index is 2.42. The van der Waals surface area contributed by atoms with Gasteiger partial charge >= 0.3 is 0 Å². The first kappa shape index (κ1) is 13.3. The molecule has 1 aromatic carbocycles. The maximum Gasteiger partial charge on any atom is 0.128 e. The van der Waals surface area contributed by atoms with Gasteiger partial charge in [-0.15, -0.1) is 22.9 Å². The summed E-state index contributed by atoms with van der Waals surface area (Å²) >= 11 is 16.9. The van der Waals surface area contributed by atoms with Crippen molar-refractivity contribution < 1.29 is 4.39 Å². The van der Waals surface area contributed by atoms with Gasteiger partial charge in [-0.1, -0.05) is 29.3 Å². The summed E-state index contributed by atoms with van der Waals surface area (Å²) in [7, 11) is 0. The predicted octanol–water partition coefficient (Wildman–Crippen LogP) is 5.94. The van der Waals surface area contributed by atoms with E-state index in [1.54, 1.807) is 12.1 Å². The number of alkyl halides is 1. The fourth-order valence-corrected chi connectivity index (χ4v) is 3.60. The highest BCUT2D eigenvalue weighted by molar-refractivity contribution is 9.10. The molecule has 2 aromatic rings. The highest BCUT2D eigenvalue weighted by Crippen LogP contribution is 2.40. The van der Waals surface area contributed by atoms with E-state index in [0.29, 0.717) is 9.90 Å². The highest BCUT2D eigenvalue weighted by Gasteiger charge is 2.18. The van der Waals surface area contributed by atoms with E-state index < -0.39 is 5.38 Å². The molecule has 0 amide bonds. The topological polar surface area (TPSA) is 0 Å². The lowest BCUT2D eigenvalue weighted by Gasteiger charge is -2.09. The van der Waals surface area contributed by atoms with Crippen LogP contribution in [0.25, 0.3) is 0 Å². The van der Waals surface area contributed by atoms with Crippen molar-refractivity contribution in [3.8, 4) is 0 Å². The minimum atomic E-state index is -0.510. The molecule has 0 saturated heterocycles. The van der Waals surface area contributed by atoms with Crippen LogP contribution in [-0.2, 0) is 0 Å². The van der Waals surface area contributed by atoms with Crippen molar-refractivity contribution in [2.75, 3.05) is 0 Å². The second-order valence-electron chi connectivity index (χ2n) is 3.66. The maximum absolute atomic E-state index is 13.7. The standard InChI is InChI=1S/C12H8BrCl2FS/c1-6-2-3-9(16)7(4-6)11(14)10-5-8(13)12(15)17-10/h2-5,11H,1H3. The van der Waals surface area contributed by atoms with Gasteiger partial charge in [-0.3, -0.25) is 0 Å². The smallest absolute Gasteiger partial charge is 0.128 e. The molecule has 0 radical (unpaired) electrons. The zero-order valence-corrected chi connectivity index (χ0v) is 12.7. The van der Waals surface area contributed by atoms with Gasteiger partial charge in [0.05, 0.1) is 5.38 Å². The molecule has 0 aliphatic carbocycles. The Bertz CT molecular complexity index is 534. The molecule has 0 spiro atoms. The van der Waals surface area contributed by atoms with Crippen LogP contribution in [0.15, 0.2) is 28.7 Å². The van der Waals surface area contributed by atoms with Gasteiger partial charge in [0, 0.05) is 14.9 Å². The molecule has 90 valence electrons. The molecule has 0 saturated carbocycles. The summed E-state index contributed by atoms with van der Waals surface area (Å²) < 4.78 is 15.1. The van der Waals surface area contributed by atoms with E-state index in [9.17, 15) is 4.39 Å². The minimum absolute atomic E-state index is 0.295. The molecule has 0 bridgehead atoms. The number of aryl methyl sites for hydroxylation is 1. The van der Waals surface area contributed by atoms with Gasteiger partial charge in [0.25, 0.3) is 0 Å². The largest absolute Gasteiger partial charge is 0.207 e. The number of thiophene rings is 1. The lowest BCUT2D eigenvalue weighted by Crippen LogP contribution is -1.95. The van der Waals surface area contributed by atoms with Crippen molar-refractivity contribution in [1.29, 1.82) is 0 Å². The molecular formula is C12H8BrCl2FS. The molecule has 0 N–H and O–H groups in total. The van der Waals surface area contributed by atoms with Gasteiger partial charge in [0.1, 0.15) is 10.2 Å². The second kappa shape index (κ2) is 5.27. The van der Waals surface area contributed by atoms with E-state index in [0.717, 1.165) is 14.9 Å². The van der Waals surface area contributed by atoms with Crippen LogP contribution in [0.1, 0.15) is 21.4 Å². The Morgan fingerprint density at radius 2 is 2.06 bits per heavy atom. The van der Waals surface area contributed by atoms with Crippen molar-refractivity contribution in [1.82, 2.24) is 0 Å². The molecule has 1 unspecified atom stereocenters. The van der Waals surface area contributed by atoms with Crippen LogP contribution >= 0.6 is 50.5 Å². The molecule has 1 heterocycles. The summed E-state index contributed by atoms with van der Waals surface area (Å²) in [6.45, 7) is 1.91. The van der Waals surface area contributed by atoms with Gasteiger partial charge in [-0.2, -0.15) is 0 Å². The third kappa shape index (κ3) is 2.84. The van der Waals surface area contributed by atoms with Crippen LogP contribution in [0, 0.1) is 12.7 Å². The summed E-state index contributed by atoms with van der Waals surface area (Å²) in [5.41, 5.74) is 1.46. The quantitative estimate of drug-likeness (QED) is 0.586. The van der Waals surface area contributed by atoms with Crippen molar-refractivity contribution in [2.24, 2.45) is 0 Å². The van der Waals surface area contributed by atoms with Crippen molar-refractivity contribution in [3.63, 3.8) is 0 Å². The Hall–Kier alpha value is -0.0900. The molecule has 1 atom stereocenters. The molecule has 0 fully saturated rings. The van der Waals surface area contributed by atoms with Crippen LogP contribution in [-0.4, -0.2) is 0 Å². The van der Waals surface area contributed by atoms with Crippen molar-refractivity contribution in [2.45, 2.75) is 12.3 Å². The van der Waals surface area contributed by atoms with Crippen LogP contribution in [0.3, 0.4) is 0 Å². The summed E-state index contributed by atoms with van der Waals surface area (Å²) in [6.07, 6.45) is 0. The Morgan fingerprint density at radius 3 is 2.65 bits per heavy atom. The average molecular weight is 354 g/mol. The van der Waals surface area contributed by atoms with E-state index in [1.165, 1.54) is 17.4 Å². The maximum atomic E-state index is 13.7. The fourth-order valence-electron chi connectivity index (χ4n) is 1.50. The summed E-state index contributed by atoms with van der Waals surface area (Å²) in [6, 6.07) is 6.74. The number of rotatable bonds is 2. The first-order valence-electron chi connectivity index (χ1n) is 4.84. The van der Waals surface area contributed by atoms with Gasteiger partial charge in [0.2, 0.25) is 0 Å². The Morgan fingerprint density at radius 1 is 1.35 bits per heavy atom. The summed E-state index contributed by atoms with van der Waals surface area (Å²) in [5.74, 6) is -0.295. The lowest BCUT2D eigenvalue weighted by atomic mass is 10.1. The average Bonchev–Trinajstić information content (AvgIpc) is 2.62. The SMILES string of the molecule is Cc1ccc(F)c(C(Cl)c2cc(Br)c(Cl)s2)c1. The normalized spacial score (nSPS) is 12.8. The second-order valence-corrected chi connectivity index (χ2v) is 6.63. The third-order valence-electron chi connectivity index (χ3n) is 2.34. The van der Waals surface area contributed by atoms with E-state index in [1.807, 2.05) is 13.0 Å². The number of hydrogen-bond acceptors (Lipinski definition) is 1. The first-order valence-corrected chi connectivity index (χ1v) is 7.26. The molecule has 0 aliphatic heterocycles. The molecule has 17 heavy (non-hydrogen) atoms. The summed E-state index contributed by atoms with van der Waals surface area (Å²) in [4.78, 5) is 0.827. The van der Waals surface area contributed by atoms with Crippen LogP contribution in [0.5, 0.6) is 0 Å². The minimum Gasteiger partial charge on any atom is -0.207 e. The fraction of sp³-hybridized carbons (Fsp3) is 0.167. The van der Waals surface area contributed by atoms with Crippen LogP contribution in [0.4, 0.5) is 4.39 Å². The monoisotopic (exact) mass is 352 g/mol. The summed E-state index contributed by atoms with van der Waals surface area (Å²) in [5, 5.41) is -0.510. The molecular weight excluding hydrogens is 346 g/mol. The van der Waals surface area contributed by atoms with E-state index in [-0.39, 0.29) is 5.82 Å². The number of hydrogen-bond donors (Lipinski definition) is 0. The first-order chi connectivity index (χ1) is 7.99. The molecule has 1 aromatic heterocycles. The Kier molecular flexibility index (Phi) is 4.14. The molecule has 2 rings (SSSR count). The van der Waals surface area contributed by atoms with E-state index in [2.05, 4.69) is 15.9 Å². The van der Waals surface area contributed by atoms with Crippen molar-refractivity contribution in [3.05, 3.63) is 54.9 Å². The highest BCUT2D eigenvalue weighted by atomic mass is 79.9. The van der Waals surface area contributed by atoms with Gasteiger partial charge in [0.15, 0.2) is 0 Å². The number of halogens is 4. The molecule has 5 heteroatoms. The zero-order chi connectivity index (χ0) is 12.6. The van der Waals surface area contributed by atoms with Gasteiger partial charge in [-0.25, -0.2) is 4.39 Å². The third-order valence-corrected chi connectivity index (χ3v) is 5.48. The zero-order valence-electron chi connectivity index (χ0n) is 8.81. The van der Waals surface area contributed by atoms with Crippen LogP contribution in [0.2, 0.25) is 4.34 Å². The van der Waals surface area contributed by atoms with Crippen molar-refractivity contribution >= 4 is 50.5 Å². The van der Waals surface area contributed by atoms with E-state index >= 15 is 0 Å². The van der Waals surface area contributed by atoms with Gasteiger partial charge < -0.3 is 0 Å². The Labute approximate surface area is 121 Å². The van der Waals surface area contributed by atoms with E-state index in [4.69, 9.17) is 23.2 Å².